The number of fused-ring (bicyclic) bond motifs is 1. The maximum absolute atomic E-state index is 13.1. The molecule has 8 nitrogen and oxygen atoms in total. The van der Waals surface area contributed by atoms with Gasteiger partial charge in [-0.2, -0.15) is 5.10 Å². The summed E-state index contributed by atoms with van der Waals surface area (Å²) in [6, 6.07) is 6.70. The van der Waals surface area contributed by atoms with Crippen LogP contribution < -0.4 is 16.0 Å². The molecule has 26 heavy (non-hydrogen) atoms. The van der Waals surface area contributed by atoms with Crippen LogP contribution in [-0.4, -0.2) is 42.0 Å². The first-order valence-electron chi connectivity index (χ1n) is 7.94. The van der Waals surface area contributed by atoms with E-state index in [1.165, 1.54) is 19.2 Å². The molecule has 3 aromatic rings. The van der Waals surface area contributed by atoms with Crippen molar-refractivity contribution in [1.29, 1.82) is 0 Å². The molecule has 4 N–H and O–H groups in total. The molecule has 1 aromatic carbocycles. The number of nitrogens with zero attached hydrogens (tertiary/aromatic N) is 2. The quantitative estimate of drug-likeness (QED) is 0.542. The third-order valence-electron chi connectivity index (χ3n) is 3.84. The number of H-pyrrole nitrogens is 1. The van der Waals surface area contributed by atoms with Crippen LogP contribution >= 0.6 is 0 Å². The fourth-order valence-electron chi connectivity index (χ4n) is 2.57. The van der Waals surface area contributed by atoms with Crippen molar-refractivity contribution < 1.29 is 13.9 Å². The van der Waals surface area contributed by atoms with Gasteiger partial charge in [0.15, 0.2) is 5.82 Å². The van der Waals surface area contributed by atoms with Crippen molar-refractivity contribution in [3.8, 4) is 0 Å². The minimum absolute atomic E-state index is 0.248. The molecule has 3 rings (SSSR count). The largest absolute Gasteiger partial charge is 0.382 e. The summed E-state index contributed by atoms with van der Waals surface area (Å²) in [5.41, 5.74) is 1.48. The van der Waals surface area contributed by atoms with Crippen LogP contribution in [-0.2, 0) is 4.74 Å². The maximum atomic E-state index is 13.1. The van der Waals surface area contributed by atoms with Crippen LogP contribution in [0.1, 0.15) is 11.6 Å². The van der Waals surface area contributed by atoms with Crippen LogP contribution in [0.4, 0.5) is 20.8 Å². The smallest absolute Gasteiger partial charge is 0.320 e. The molecule has 0 fully saturated rings. The summed E-state index contributed by atoms with van der Waals surface area (Å²) in [4.78, 5) is 16.5. The molecular formula is C17H19FN6O2. The lowest BCUT2D eigenvalue weighted by Crippen LogP contribution is -2.35. The Kier molecular flexibility index (Phi) is 5.28. The number of carbonyl (C=O) groups excluding carboxylic acids is 1. The van der Waals surface area contributed by atoms with Crippen molar-refractivity contribution in [1.82, 2.24) is 20.5 Å². The van der Waals surface area contributed by atoms with E-state index in [4.69, 9.17) is 4.74 Å². The second-order valence-electron chi connectivity index (χ2n) is 5.60. The van der Waals surface area contributed by atoms with Crippen molar-refractivity contribution in [2.45, 2.75) is 6.04 Å². The van der Waals surface area contributed by atoms with E-state index >= 15 is 0 Å². The van der Waals surface area contributed by atoms with Gasteiger partial charge >= 0.3 is 6.03 Å². The van der Waals surface area contributed by atoms with Crippen LogP contribution in [0, 0.1) is 5.82 Å². The van der Waals surface area contributed by atoms with Gasteiger partial charge in [0, 0.05) is 26.4 Å². The Bertz CT molecular complexity index is 896. The van der Waals surface area contributed by atoms with Crippen molar-refractivity contribution in [3.63, 3.8) is 0 Å². The van der Waals surface area contributed by atoms with Gasteiger partial charge in [0.05, 0.1) is 23.6 Å². The number of halogens is 1. The third kappa shape index (κ3) is 3.89. The molecule has 0 aliphatic carbocycles. The Morgan fingerprint density at radius 2 is 2.12 bits per heavy atom. The van der Waals surface area contributed by atoms with E-state index in [1.54, 1.807) is 31.4 Å². The van der Waals surface area contributed by atoms with Crippen LogP contribution in [0.15, 0.2) is 36.5 Å². The number of benzene rings is 1. The molecule has 0 saturated carbocycles. The first kappa shape index (κ1) is 17.6. The van der Waals surface area contributed by atoms with Gasteiger partial charge in [-0.25, -0.2) is 14.2 Å². The number of aromatic nitrogens is 3. The number of aromatic amines is 1. The molecule has 0 radical (unpaired) electrons. The lowest BCUT2D eigenvalue weighted by atomic mass is 10.1. The minimum atomic E-state index is -0.448. The number of anilines is 2. The topological polar surface area (TPSA) is 104 Å². The summed E-state index contributed by atoms with van der Waals surface area (Å²) in [5, 5.41) is 16.2. The molecule has 2 heterocycles. The summed E-state index contributed by atoms with van der Waals surface area (Å²) in [7, 11) is 3.30. The van der Waals surface area contributed by atoms with Crippen molar-refractivity contribution in [2.75, 3.05) is 31.4 Å². The van der Waals surface area contributed by atoms with Gasteiger partial charge in [-0.1, -0.05) is 12.1 Å². The zero-order valence-electron chi connectivity index (χ0n) is 14.3. The van der Waals surface area contributed by atoms with Gasteiger partial charge in [0.25, 0.3) is 0 Å². The predicted octanol–water partition coefficient (Wildman–Crippen LogP) is 2.65. The van der Waals surface area contributed by atoms with Gasteiger partial charge in [0.1, 0.15) is 11.6 Å². The van der Waals surface area contributed by atoms with E-state index in [9.17, 15) is 9.18 Å². The van der Waals surface area contributed by atoms with Gasteiger partial charge < -0.3 is 15.4 Å². The molecule has 136 valence electrons. The number of carbonyl (C=O) groups is 1. The van der Waals surface area contributed by atoms with E-state index in [-0.39, 0.29) is 12.4 Å². The van der Waals surface area contributed by atoms with Gasteiger partial charge in [0.2, 0.25) is 0 Å². The molecule has 1 atom stereocenters. The van der Waals surface area contributed by atoms with Crippen LogP contribution in [0.2, 0.25) is 0 Å². The first-order chi connectivity index (χ1) is 12.6. The normalized spacial score (nSPS) is 12.0. The van der Waals surface area contributed by atoms with Crippen molar-refractivity contribution in [3.05, 3.63) is 47.9 Å². The number of amides is 2. The summed E-state index contributed by atoms with van der Waals surface area (Å²) >= 11 is 0. The second-order valence-corrected chi connectivity index (χ2v) is 5.60. The Balaban J connectivity index is 1.70. The predicted molar refractivity (Wildman–Crippen MR) is 96.6 cm³/mol. The molecule has 9 heteroatoms. The molecule has 0 saturated heterocycles. The average molecular weight is 358 g/mol. The molecule has 0 aliphatic heterocycles. The monoisotopic (exact) mass is 358 g/mol. The van der Waals surface area contributed by atoms with Crippen molar-refractivity contribution >= 4 is 28.6 Å². The molecular weight excluding hydrogens is 339 g/mol. The van der Waals surface area contributed by atoms with Crippen LogP contribution in [0.25, 0.3) is 10.9 Å². The Hall–Kier alpha value is -3.20. The summed E-state index contributed by atoms with van der Waals surface area (Å²) in [6.45, 7) is 0.248. The van der Waals surface area contributed by atoms with Crippen molar-refractivity contribution in [2.24, 2.45) is 0 Å². The van der Waals surface area contributed by atoms with Crippen LogP contribution in [0.5, 0.6) is 0 Å². The number of hydrogen-bond donors (Lipinski definition) is 4. The van der Waals surface area contributed by atoms with Gasteiger partial charge in [-0.3, -0.25) is 10.4 Å². The van der Waals surface area contributed by atoms with Gasteiger partial charge in [-0.15, -0.1) is 0 Å². The highest BCUT2D eigenvalue weighted by Gasteiger charge is 2.15. The van der Waals surface area contributed by atoms with E-state index < -0.39 is 12.1 Å². The average Bonchev–Trinajstić information content (AvgIpc) is 3.04. The SMILES string of the molecule is CNc1n[nH]c2cc(NC(=O)N[C@H](COC)c3ccc(F)cc3)ncc12. The summed E-state index contributed by atoms with van der Waals surface area (Å²) < 4.78 is 18.2. The standard InChI is InChI=1S/C17H19FN6O2/c1-19-16-12-8-20-15(7-13(12)23-24-16)22-17(25)21-14(9-26-2)10-3-5-11(18)6-4-10/h3-8,14H,9H2,1-2H3,(H2,19,23,24)(H2,20,21,22,25)/t14-/m1/s1. The van der Waals surface area contributed by atoms with E-state index in [2.05, 4.69) is 31.1 Å². The number of urea groups is 1. The minimum Gasteiger partial charge on any atom is -0.382 e. The fraction of sp³-hybridized carbons (Fsp3) is 0.235. The third-order valence-corrected chi connectivity index (χ3v) is 3.84. The molecule has 0 bridgehead atoms. The number of ether oxygens (including phenoxy) is 1. The highest BCUT2D eigenvalue weighted by Crippen LogP contribution is 2.21. The molecule has 0 spiro atoms. The number of rotatable bonds is 6. The zero-order valence-corrected chi connectivity index (χ0v) is 14.3. The zero-order chi connectivity index (χ0) is 18.5. The highest BCUT2D eigenvalue weighted by atomic mass is 19.1. The van der Waals surface area contributed by atoms with E-state index in [1.807, 2.05) is 0 Å². The van der Waals surface area contributed by atoms with E-state index in [0.717, 1.165) is 16.5 Å². The van der Waals surface area contributed by atoms with Crippen LogP contribution in [0.3, 0.4) is 0 Å². The Morgan fingerprint density at radius 1 is 1.35 bits per heavy atom. The van der Waals surface area contributed by atoms with E-state index in [0.29, 0.717) is 11.6 Å². The Morgan fingerprint density at radius 3 is 2.81 bits per heavy atom. The lowest BCUT2D eigenvalue weighted by Gasteiger charge is -2.18. The molecule has 0 aliphatic rings. The fourth-order valence-corrected chi connectivity index (χ4v) is 2.57. The lowest BCUT2D eigenvalue weighted by molar-refractivity contribution is 0.168. The number of pyridine rings is 1. The number of methoxy groups -OCH3 is 1. The molecule has 0 unspecified atom stereocenters. The summed E-state index contributed by atoms with van der Waals surface area (Å²) in [6.07, 6.45) is 1.62. The maximum Gasteiger partial charge on any atom is 0.320 e. The molecule has 2 aromatic heterocycles. The highest BCUT2D eigenvalue weighted by molar-refractivity contribution is 5.94. The first-order valence-corrected chi connectivity index (χ1v) is 7.94. The Labute approximate surface area is 149 Å². The summed E-state index contributed by atoms with van der Waals surface area (Å²) in [5.74, 6) is 0.712. The molecule has 2 amide bonds. The number of hydrogen-bond acceptors (Lipinski definition) is 5. The second kappa shape index (κ2) is 7.79. The van der Waals surface area contributed by atoms with Gasteiger partial charge in [-0.05, 0) is 17.7 Å². The number of nitrogens with one attached hydrogen (secondary N) is 4.